The van der Waals surface area contributed by atoms with Gasteiger partial charge in [-0.2, -0.15) is 0 Å². The fourth-order valence-corrected chi connectivity index (χ4v) is 2.75. The summed E-state index contributed by atoms with van der Waals surface area (Å²) in [5, 5.41) is 3.75. The lowest BCUT2D eigenvalue weighted by atomic mass is 10.0. The molecule has 16 heavy (non-hydrogen) atoms. The standard InChI is InChI=1S/C15H23N/c1-11-5-4-6-14(9-11)13(3)16-15-8-7-12(2)10-15/h4-6,9,12-13,15-16H,7-8,10H2,1-3H3/t12?,13-,15?/m0/s1. The number of rotatable bonds is 3. The van der Waals surface area contributed by atoms with Gasteiger partial charge < -0.3 is 5.32 Å². The molecule has 1 aromatic rings. The first kappa shape index (κ1) is 11.7. The molecule has 1 aliphatic carbocycles. The van der Waals surface area contributed by atoms with Gasteiger partial charge in [0, 0.05) is 12.1 Å². The van der Waals surface area contributed by atoms with Crippen LogP contribution < -0.4 is 5.32 Å². The normalized spacial score (nSPS) is 26.9. The number of nitrogens with one attached hydrogen (secondary N) is 1. The van der Waals surface area contributed by atoms with E-state index in [1.807, 2.05) is 0 Å². The van der Waals surface area contributed by atoms with Crippen LogP contribution in [0.4, 0.5) is 0 Å². The van der Waals surface area contributed by atoms with Gasteiger partial charge in [0.05, 0.1) is 0 Å². The summed E-state index contributed by atoms with van der Waals surface area (Å²) in [7, 11) is 0. The molecule has 0 bridgehead atoms. The molecule has 0 aromatic heterocycles. The molecule has 2 unspecified atom stereocenters. The van der Waals surface area contributed by atoms with Gasteiger partial charge in [0.1, 0.15) is 0 Å². The van der Waals surface area contributed by atoms with Crippen LogP contribution in [0.2, 0.25) is 0 Å². The van der Waals surface area contributed by atoms with Crippen LogP contribution in [0.3, 0.4) is 0 Å². The number of benzene rings is 1. The van der Waals surface area contributed by atoms with Crippen molar-refractivity contribution in [2.24, 2.45) is 5.92 Å². The van der Waals surface area contributed by atoms with E-state index in [2.05, 4.69) is 50.4 Å². The topological polar surface area (TPSA) is 12.0 Å². The smallest absolute Gasteiger partial charge is 0.0294 e. The third kappa shape index (κ3) is 2.85. The Morgan fingerprint density at radius 2 is 2.12 bits per heavy atom. The molecule has 0 amide bonds. The zero-order valence-corrected chi connectivity index (χ0v) is 10.7. The summed E-state index contributed by atoms with van der Waals surface area (Å²) < 4.78 is 0. The summed E-state index contributed by atoms with van der Waals surface area (Å²) in [5.41, 5.74) is 2.77. The highest BCUT2D eigenvalue weighted by Gasteiger charge is 2.22. The lowest BCUT2D eigenvalue weighted by Gasteiger charge is -2.20. The fraction of sp³-hybridized carbons (Fsp3) is 0.600. The highest BCUT2D eigenvalue weighted by molar-refractivity contribution is 5.24. The molecule has 1 N–H and O–H groups in total. The highest BCUT2D eigenvalue weighted by Crippen LogP contribution is 2.27. The van der Waals surface area contributed by atoms with Crippen molar-refractivity contribution in [3.63, 3.8) is 0 Å². The van der Waals surface area contributed by atoms with E-state index < -0.39 is 0 Å². The Bertz CT molecular complexity index is 345. The molecule has 0 radical (unpaired) electrons. The second kappa shape index (κ2) is 5.01. The third-order valence-electron chi connectivity index (χ3n) is 3.72. The van der Waals surface area contributed by atoms with Crippen LogP contribution in [0.1, 0.15) is 50.3 Å². The van der Waals surface area contributed by atoms with Crippen molar-refractivity contribution in [3.05, 3.63) is 35.4 Å². The monoisotopic (exact) mass is 217 g/mol. The van der Waals surface area contributed by atoms with Gasteiger partial charge in [-0.05, 0) is 44.6 Å². The minimum Gasteiger partial charge on any atom is -0.307 e. The van der Waals surface area contributed by atoms with Crippen LogP contribution in [0.25, 0.3) is 0 Å². The van der Waals surface area contributed by atoms with Gasteiger partial charge in [0.25, 0.3) is 0 Å². The fourth-order valence-electron chi connectivity index (χ4n) is 2.75. The van der Waals surface area contributed by atoms with Crippen molar-refractivity contribution in [2.75, 3.05) is 0 Å². The molecule has 0 saturated heterocycles. The van der Waals surface area contributed by atoms with E-state index in [4.69, 9.17) is 0 Å². The minimum absolute atomic E-state index is 0.482. The van der Waals surface area contributed by atoms with Gasteiger partial charge in [-0.1, -0.05) is 36.8 Å². The molecule has 0 spiro atoms. The van der Waals surface area contributed by atoms with Crippen LogP contribution in [0.15, 0.2) is 24.3 Å². The molecular weight excluding hydrogens is 194 g/mol. The lowest BCUT2D eigenvalue weighted by molar-refractivity contribution is 0.449. The van der Waals surface area contributed by atoms with Crippen LogP contribution in [0.5, 0.6) is 0 Å². The van der Waals surface area contributed by atoms with Gasteiger partial charge >= 0.3 is 0 Å². The second-order valence-electron chi connectivity index (χ2n) is 5.42. The predicted molar refractivity (Wildman–Crippen MR) is 69.5 cm³/mol. The first-order valence-electron chi connectivity index (χ1n) is 6.48. The maximum atomic E-state index is 3.75. The van der Waals surface area contributed by atoms with Gasteiger partial charge in [0.2, 0.25) is 0 Å². The molecule has 3 atom stereocenters. The Morgan fingerprint density at radius 3 is 2.75 bits per heavy atom. The maximum absolute atomic E-state index is 3.75. The van der Waals surface area contributed by atoms with E-state index in [9.17, 15) is 0 Å². The molecule has 1 nitrogen and oxygen atoms in total. The highest BCUT2D eigenvalue weighted by atomic mass is 14.9. The van der Waals surface area contributed by atoms with Gasteiger partial charge in [-0.15, -0.1) is 0 Å². The zero-order valence-electron chi connectivity index (χ0n) is 10.7. The van der Waals surface area contributed by atoms with Crippen LogP contribution in [0, 0.1) is 12.8 Å². The molecule has 1 aromatic carbocycles. The van der Waals surface area contributed by atoms with E-state index in [0.717, 1.165) is 12.0 Å². The van der Waals surface area contributed by atoms with E-state index in [1.165, 1.54) is 30.4 Å². The second-order valence-corrected chi connectivity index (χ2v) is 5.42. The van der Waals surface area contributed by atoms with Crippen LogP contribution in [-0.2, 0) is 0 Å². The average Bonchev–Trinajstić information content (AvgIpc) is 2.64. The predicted octanol–water partition coefficient (Wildman–Crippen LogP) is 3.83. The Labute approximate surface area is 99.3 Å². The summed E-state index contributed by atoms with van der Waals surface area (Å²) in [5.74, 6) is 0.905. The molecule has 0 aliphatic heterocycles. The Hall–Kier alpha value is -0.820. The summed E-state index contributed by atoms with van der Waals surface area (Å²) in [6.07, 6.45) is 4.08. The van der Waals surface area contributed by atoms with Gasteiger partial charge in [-0.3, -0.25) is 0 Å². The molecule has 0 heterocycles. The van der Waals surface area contributed by atoms with Crippen molar-refractivity contribution < 1.29 is 0 Å². The van der Waals surface area contributed by atoms with E-state index in [1.54, 1.807) is 0 Å². The van der Waals surface area contributed by atoms with E-state index in [-0.39, 0.29) is 0 Å². The maximum Gasteiger partial charge on any atom is 0.0294 e. The molecular formula is C15H23N. The molecule has 1 aliphatic rings. The zero-order chi connectivity index (χ0) is 11.5. The van der Waals surface area contributed by atoms with E-state index >= 15 is 0 Å². The van der Waals surface area contributed by atoms with E-state index in [0.29, 0.717) is 6.04 Å². The van der Waals surface area contributed by atoms with Crippen LogP contribution in [-0.4, -0.2) is 6.04 Å². The lowest BCUT2D eigenvalue weighted by Crippen LogP contribution is -2.29. The summed E-state index contributed by atoms with van der Waals surface area (Å²) >= 11 is 0. The average molecular weight is 217 g/mol. The van der Waals surface area contributed by atoms with Crippen molar-refractivity contribution in [1.29, 1.82) is 0 Å². The Morgan fingerprint density at radius 1 is 1.31 bits per heavy atom. The van der Waals surface area contributed by atoms with Crippen molar-refractivity contribution >= 4 is 0 Å². The number of hydrogen-bond acceptors (Lipinski definition) is 1. The Kier molecular flexibility index (Phi) is 3.65. The summed E-state index contributed by atoms with van der Waals surface area (Å²) in [4.78, 5) is 0. The van der Waals surface area contributed by atoms with Crippen molar-refractivity contribution in [2.45, 2.75) is 52.1 Å². The largest absolute Gasteiger partial charge is 0.307 e. The first-order chi connectivity index (χ1) is 7.65. The minimum atomic E-state index is 0.482. The first-order valence-corrected chi connectivity index (χ1v) is 6.48. The third-order valence-corrected chi connectivity index (χ3v) is 3.72. The SMILES string of the molecule is Cc1cccc([C@H](C)NC2CCC(C)C2)c1. The number of hydrogen-bond donors (Lipinski definition) is 1. The molecule has 1 fully saturated rings. The summed E-state index contributed by atoms with van der Waals surface area (Å²) in [6.45, 7) is 6.80. The molecule has 1 heteroatoms. The number of aryl methyl sites for hydroxylation is 1. The molecule has 88 valence electrons. The molecule has 2 rings (SSSR count). The summed E-state index contributed by atoms with van der Waals surface area (Å²) in [6, 6.07) is 10.0. The molecule has 1 saturated carbocycles. The van der Waals surface area contributed by atoms with Gasteiger partial charge in [0.15, 0.2) is 0 Å². The Balaban J connectivity index is 1.95. The van der Waals surface area contributed by atoms with Crippen LogP contribution >= 0.6 is 0 Å². The van der Waals surface area contributed by atoms with Crippen molar-refractivity contribution in [1.82, 2.24) is 5.32 Å². The quantitative estimate of drug-likeness (QED) is 0.811. The van der Waals surface area contributed by atoms with Gasteiger partial charge in [-0.25, -0.2) is 0 Å². The van der Waals surface area contributed by atoms with Crippen molar-refractivity contribution in [3.8, 4) is 0 Å².